The molecule has 1 unspecified atom stereocenters. The fourth-order valence-corrected chi connectivity index (χ4v) is 2.30. The molecule has 0 radical (unpaired) electrons. The van der Waals surface area contributed by atoms with E-state index in [0.717, 1.165) is 5.56 Å². The van der Waals surface area contributed by atoms with E-state index in [1.807, 2.05) is 12.1 Å². The summed E-state index contributed by atoms with van der Waals surface area (Å²) in [6.45, 7) is 0. The molecule has 82 valence electrons. The van der Waals surface area contributed by atoms with Crippen molar-refractivity contribution in [3.63, 3.8) is 0 Å². The highest BCUT2D eigenvalue weighted by atomic mass is 35.5. The third kappa shape index (κ3) is 2.16. The van der Waals surface area contributed by atoms with Crippen molar-refractivity contribution in [2.75, 3.05) is 0 Å². The first-order chi connectivity index (χ1) is 7.70. The summed E-state index contributed by atoms with van der Waals surface area (Å²) in [7, 11) is 0. The average Bonchev–Trinajstić information content (AvgIpc) is 2.29. The summed E-state index contributed by atoms with van der Waals surface area (Å²) < 4.78 is 22.1. The van der Waals surface area contributed by atoms with Crippen LogP contribution in [-0.4, -0.2) is 8.76 Å². The second-order valence-electron chi connectivity index (χ2n) is 3.21. The zero-order chi connectivity index (χ0) is 11.5. The Bertz CT molecular complexity index is 540. The van der Waals surface area contributed by atoms with Crippen molar-refractivity contribution in [2.24, 2.45) is 0 Å². The lowest BCUT2D eigenvalue weighted by molar-refractivity contribution is 0.537. The SMILES string of the molecule is O=S([O-])c1ccccc1-c1ccccc1Cl. The summed E-state index contributed by atoms with van der Waals surface area (Å²) >= 11 is 3.78. The lowest BCUT2D eigenvalue weighted by Crippen LogP contribution is -1.93. The van der Waals surface area contributed by atoms with Crippen molar-refractivity contribution in [2.45, 2.75) is 4.90 Å². The zero-order valence-electron chi connectivity index (χ0n) is 8.22. The van der Waals surface area contributed by atoms with Crippen molar-refractivity contribution in [3.05, 3.63) is 53.6 Å². The summed E-state index contributed by atoms with van der Waals surface area (Å²) in [6.07, 6.45) is 0. The largest absolute Gasteiger partial charge is 0.768 e. The van der Waals surface area contributed by atoms with Crippen LogP contribution in [0.4, 0.5) is 0 Å². The summed E-state index contributed by atoms with van der Waals surface area (Å²) in [5, 5.41) is 0.542. The Kier molecular flexibility index (Phi) is 3.39. The van der Waals surface area contributed by atoms with Gasteiger partial charge in [0.2, 0.25) is 0 Å². The predicted octanol–water partition coefficient (Wildman–Crippen LogP) is 3.25. The second kappa shape index (κ2) is 4.78. The van der Waals surface area contributed by atoms with E-state index in [0.29, 0.717) is 10.6 Å². The van der Waals surface area contributed by atoms with Gasteiger partial charge in [-0.1, -0.05) is 48.0 Å². The topological polar surface area (TPSA) is 40.1 Å². The molecular weight excluding hydrogens is 244 g/mol. The molecule has 2 nitrogen and oxygen atoms in total. The Balaban J connectivity index is 2.65. The number of halogens is 1. The summed E-state index contributed by atoms with van der Waals surface area (Å²) in [6, 6.07) is 13.9. The van der Waals surface area contributed by atoms with E-state index < -0.39 is 11.1 Å². The molecule has 0 amide bonds. The van der Waals surface area contributed by atoms with Gasteiger partial charge in [-0.05, 0) is 28.8 Å². The Morgan fingerprint density at radius 1 is 0.938 bits per heavy atom. The Hall–Kier alpha value is -1.16. The van der Waals surface area contributed by atoms with Crippen LogP contribution >= 0.6 is 11.6 Å². The van der Waals surface area contributed by atoms with Gasteiger partial charge in [0.25, 0.3) is 0 Å². The van der Waals surface area contributed by atoms with Crippen LogP contribution in [0.3, 0.4) is 0 Å². The van der Waals surface area contributed by atoms with E-state index in [-0.39, 0.29) is 4.90 Å². The van der Waals surface area contributed by atoms with Gasteiger partial charge in [0, 0.05) is 15.5 Å². The van der Waals surface area contributed by atoms with Crippen LogP contribution in [0.5, 0.6) is 0 Å². The van der Waals surface area contributed by atoms with E-state index in [1.54, 1.807) is 36.4 Å². The molecule has 2 rings (SSSR count). The molecule has 0 aliphatic heterocycles. The van der Waals surface area contributed by atoms with Crippen LogP contribution in [0.15, 0.2) is 53.4 Å². The molecule has 16 heavy (non-hydrogen) atoms. The molecule has 2 aromatic rings. The molecule has 0 N–H and O–H groups in total. The zero-order valence-corrected chi connectivity index (χ0v) is 9.79. The fraction of sp³-hybridized carbons (Fsp3) is 0. The lowest BCUT2D eigenvalue weighted by Gasteiger charge is -2.12. The predicted molar refractivity (Wildman–Crippen MR) is 64.1 cm³/mol. The van der Waals surface area contributed by atoms with Gasteiger partial charge in [-0.25, -0.2) is 0 Å². The first kappa shape index (κ1) is 11.3. The minimum atomic E-state index is -2.26. The molecule has 0 saturated heterocycles. The number of rotatable bonds is 2. The summed E-state index contributed by atoms with van der Waals surface area (Å²) in [5.74, 6) is 0. The molecule has 0 aromatic heterocycles. The Morgan fingerprint density at radius 2 is 1.50 bits per heavy atom. The van der Waals surface area contributed by atoms with Gasteiger partial charge >= 0.3 is 0 Å². The number of hydrogen-bond donors (Lipinski definition) is 0. The maximum Gasteiger partial charge on any atom is 0.0484 e. The quantitative estimate of drug-likeness (QED) is 0.769. The lowest BCUT2D eigenvalue weighted by atomic mass is 10.1. The second-order valence-corrected chi connectivity index (χ2v) is 4.53. The molecule has 0 bridgehead atoms. The van der Waals surface area contributed by atoms with Crippen molar-refractivity contribution in [1.29, 1.82) is 0 Å². The van der Waals surface area contributed by atoms with Crippen LogP contribution < -0.4 is 0 Å². The monoisotopic (exact) mass is 251 g/mol. The molecule has 0 spiro atoms. The smallest absolute Gasteiger partial charge is 0.0484 e. The standard InChI is InChI=1S/C12H9ClO2S/c13-11-7-3-1-5-9(11)10-6-2-4-8-12(10)16(14)15/h1-8H,(H,14,15)/p-1. The third-order valence-electron chi connectivity index (χ3n) is 2.23. The molecule has 0 fully saturated rings. The van der Waals surface area contributed by atoms with Gasteiger partial charge < -0.3 is 4.55 Å². The minimum Gasteiger partial charge on any atom is -0.768 e. The molecule has 1 atom stereocenters. The van der Waals surface area contributed by atoms with E-state index in [4.69, 9.17) is 11.6 Å². The molecule has 0 heterocycles. The highest BCUT2D eigenvalue weighted by Crippen LogP contribution is 2.31. The maximum atomic E-state index is 11.1. The van der Waals surface area contributed by atoms with Crippen LogP contribution in [0.25, 0.3) is 11.1 Å². The first-order valence-corrected chi connectivity index (χ1v) is 6.08. The van der Waals surface area contributed by atoms with Gasteiger partial charge in [0.1, 0.15) is 0 Å². The number of hydrogen-bond acceptors (Lipinski definition) is 2. The molecule has 0 aliphatic carbocycles. The summed E-state index contributed by atoms with van der Waals surface area (Å²) in [4.78, 5) is 0.260. The fourth-order valence-electron chi connectivity index (χ4n) is 1.51. The highest BCUT2D eigenvalue weighted by molar-refractivity contribution is 7.79. The molecule has 0 aliphatic rings. The van der Waals surface area contributed by atoms with E-state index >= 15 is 0 Å². The average molecular weight is 252 g/mol. The molecular formula is C12H8ClO2S-. The third-order valence-corrected chi connectivity index (χ3v) is 3.28. The van der Waals surface area contributed by atoms with Crippen molar-refractivity contribution in [1.82, 2.24) is 0 Å². The Labute approximate surface area is 101 Å². The van der Waals surface area contributed by atoms with Crippen LogP contribution in [0, 0.1) is 0 Å². The molecule has 2 aromatic carbocycles. The van der Waals surface area contributed by atoms with E-state index in [2.05, 4.69) is 0 Å². The first-order valence-electron chi connectivity index (χ1n) is 4.63. The minimum absolute atomic E-state index is 0.260. The van der Waals surface area contributed by atoms with Crippen LogP contribution in [0.2, 0.25) is 5.02 Å². The normalized spacial score (nSPS) is 12.4. The van der Waals surface area contributed by atoms with Crippen LogP contribution in [0.1, 0.15) is 0 Å². The van der Waals surface area contributed by atoms with Gasteiger partial charge in [-0.3, -0.25) is 4.21 Å². The van der Waals surface area contributed by atoms with Crippen molar-refractivity contribution in [3.8, 4) is 11.1 Å². The van der Waals surface area contributed by atoms with Gasteiger partial charge in [-0.2, -0.15) is 0 Å². The van der Waals surface area contributed by atoms with E-state index in [1.165, 1.54) is 0 Å². The van der Waals surface area contributed by atoms with Gasteiger partial charge in [0.05, 0.1) is 0 Å². The van der Waals surface area contributed by atoms with Crippen molar-refractivity contribution >= 4 is 22.7 Å². The van der Waals surface area contributed by atoms with Crippen molar-refractivity contribution < 1.29 is 8.76 Å². The number of benzene rings is 2. The Morgan fingerprint density at radius 3 is 2.12 bits per heavy atom. The summed E-state index contributed by atoms with van der Waals surface area (Å²) in [5.41, 5.74) is 1.35. The maximum absolute atomic E-state index is 11.1. The molecule has 4 heteroatoms. The van der Waals surface area contributed by atoms with Gasteiger partial charge in [0.15, 0.2) is 0 Å². The van der Waals surface area contributed by atoms with Gasteiger partial charge in [-0.15, -0.1) is 0 Å². The highest BCUT2D eigenvalue weighted by Gasteiger charge is 2.07. The van der Waals surface area contributed by atoms with Crippen LogP contribution in [-0.2, 0) is 11.1 Å². The molecule has 0 saturated carbocycles. The van der Waals surface area contributed by atoms with E-state index in [9.17, 15) is 8.76 Å².